The summed E-state index contributed by atoms with van der Waals surface area (Å²) < 4.78 is 31.4. The van der Waals surface area contributed by atoms with Gasteiger partial charge < -0.3 is 15.2 Å². The normalized spacial score (nSPS) is 18.9. The molecule has 1 aliphatic heterocycles. The Labute approximate surface area is 148 Å². The summed E-state index contributed by atoms with van der Waals surface area (Å²) in [7, 11) is -3.60. The van der Waals surface area contributed by atoms with Crippen LogP contribution in [0.5, 0.6) is 5.75 Å². The zero-order valence-electron chi connectivity index (χ0n) is 14.2. The summed E-state index contributed by atoms with van der Waals surface area (Å²) >= 11 is 0. The Bertz CT molecular complexity index is 813. The Hall–Kier alpha value is -1.89. The molecular weight excluding hydrogens is 338 g/mol. The summed E-state index contributed by atoms with van der Waals surface area (Å²) in [5, 5.41) is 12.8. The van der Waals surface area contributed by atoms with Crippen LogP contribution in [0, 0.1) is 0 Å². The lowest BCUT2D eigenvalue weighted by atomic mass is 9.97. The average Bonchev–Trinajstić information content (AvgIpc) is 3.15. The van der Waals surface area contributed by atoms with E-state index in [1.165, 1.54) is 0 Å². The van der Waals surface area contributed by atoms with Crippen molar-refractivity contribution in [1.29, 1.82) is 0 Å². The lowest BCUT2D eigenvalue weighted by molar-refractivity contribution is 0.122. The molecule has 0 aliphatic carbocycles. The van der Waals surface area contributed by atoms with Crippen LogP contribution in [0.15, 0.2) is 58.3 Å². The van der Waals surface area contributed by atoms with E-state index in [1.807, 2.05) is 6.07 Å². The molecule has 2 N–H and O–H groups in total. The quantitative estimate of drug-likeness (QED) is 0.826. The van der Waals surface area contributed by atoms with E-state index in [-0.39, 0.29) is 22.3 Å². The molecular formula is C19H23NO4S. The first-order valence-electron chi connectivity index (χ1n) is 8.44. The molecule has 5 nitrogen and oxygen atoms in total. The number of benzene rings is 2. The van der Waals surface area contributed by atoms with Crippen LogP contribution >= 0.6 is 0 Å². The van der Waals surface area contributed by atoms with Gasteiger partial charge in [0, 0.05) is 12.5 Å². The number of nitrogens with one attached hydrogen (secondary N) is 1. The second-order valence-electron chi connectivity index (χ2n) is 6.37. The number of ether oxygens (including phenoxy) is 1. The molecule has 1 unspecified atom stereocenters. The maximum Gasteiger partial charge on any atom is 0.206 e. The SMILES string of the molecule is CC(O)COc1cc(S(=O)(=O)c2ccccc2)ccc1[C@@H]1CCNC1. The fourth-order valence-corrected chi connectivity index (χ4v) is 4.31. The van der Waals surface area contributed by atoms with Gasteiger partial charge in [-0.25, -0.2) is 8.42 Å². The number of aliphatic hydroxyl groups is 1. The molecule has 0 radical (unpaired) electrons. The molecule has 2 aromatic carbocycles. The third-order valence-corrected chi connectivity index (χ3v) is 6.10. The second kappa shape index (κ2) is 7.56. The lowest BCUT2D eigenvalue weighted by Crippen LogP contribution is -2.15. The highest BCUT2D eigenvalue weighted by Gasteiger charge is 2.24. The predicted molar refractivity (Wildman–Crippen MR) is 95.7 cm³/mol. The van der Waals surface area contributed by atoms with Gasteiger partial charge in [0.1, 0.15) is 12.4 Å². The van der Waals surface area contributed by atoms with Gasteiger partial charge in [-0.3, -0.25) is 0 Å². The van der Waals surface area contributed by atoms with E-state index in [0.717, 1.165) is 25.1 Å². The Balaban J connectivity index is 1.99. The van der Waals surface area contributed by atoms with Crippen LogP contribution in [-0.4, -0.2) is 39.3 Å². The van der Waals surface area contributed by atoms with Crippen LogP contribution in [-0.2, 0) is 9.84 Å². The minimum absolute atomic E-state index is 0.127. The van der Waals surface area contributed by atoms with Crippen molar-refractivity contribution in [3.05, 3.63) is 54.1 Å². The molecule has 0 bridgehead atoms. The van der Waals surface area contributed by atoms with Crippen molar-refractivity contribution in [3.8, 4) is 5.75 Å². The van der Waals surface area contributed by atoms with Gasteiger partial charge >= 0.3 is 0 Å². The van der Waals surface area contributed by atoms with Gasteiger partial charge in [-0.1, -0.05) is 24.3 Å². The van der Waals surface area contributed by atoms with Crippen molar-refractivity contribution in [1.82, 2.24) is 5.32 Å². The van der Waals surface area contributed by atoms with Gasteiger partial charge in [-0.15, -0.1) is 0 Å². The van der Waals surface area contributed by atoms with Crippen LogP contribution < -0.4 is 10.1 Å². The summed E-state index contributed by atoms with van der Waals surface area (Å²) in [4.78, 5) is 0.459. The maximum absolute atomic E-state index is 12.8. The Morgan fingerprint density at radius 3 is 2.60 bits per heavy atom. The first-order chi connectivity index (χ1) is 12.0. The van der Waals surface area contributed by atoms with E-state index in [1.54, 1.807) is 49.4 Å². The molecule has 3 rings (SSSR count). The molecule has 1 aliphatic rings. The van der Waals surface area contributed by atoms with Crippen LogP contribution in [0.1, 0.15) is 24.8 Å². The van der Waals surface area contributed by atoms with E-state index in [0.29, 0.717) is 5.75 Å². The van der Waals surface area contributed by atoms with E-state index >= 15 is 0 Å². The van der Waals surface area contributed by atoms with Crippen molar-refractivity contribution in [2.45, 2.75) is 35.2 Å². The van der Waals surface area contributed by atoms with E-state index in [4.69, 9.17) is 4.74 Å². The molecule has 2 aromatic rings. The molecule has 6 heteroatoms. The lowest BCUT2D eigenvalue weighted by Gasteiger charge is -2.18. The van der Waals surface area contributed by atoms with Crippen molar-refractivity contribution >= 4 is 9.84 Å². The van der Waals surface area contributed by atoms with Gasteiger partial charge in [0.05, 0.1) is 15.9 Å². The number of aliphatic hydroxyl groups excluding tert-OH is 1. The molecule has 2 atom stereocenters. The molecule has 134 valence electrons. The third kappa shape index (κ3) is 4.03. The molecule has 1 heterocycles. The summed E-state index contributed by atoms with van der Waals surface area (Å²) in [5.74, 6) is 0.823. The van der Waals surface area contributed by atoms with Gasteiger partial charge in [-0.2, -0.15) is 0 Å². The van der Waals surface area contributed by atoms with Crippen LogP contribution in [0.4, 0.5) is 0 Å². The van der Waals surface area contributed by atoms with Gasteiger partial charge in [0.2, 0.25) is 9.84 Å². The van der Waals surface area contributed by atoms with E-state index in [9.17, 15) is 13.5 Å². The Kier molecular flexibility index (Phi) is 5.42. The highest BCUT2D eigenvalue weighted by atomic mass is 32.2. The first-order valence-corrected chi connectivity index (χ1v) is 9.92. The van der Waals surface area contributed by atoms with Crippen molar-refractivity contribution in [2.75, 3.05) is 19.7 Å². The number of hydrogen-bond donors (Lipinski definition) is 2. The van der Waals surface area contributed by atoms with Crippen molar-refractivity contribution < 1.29 is 18.3 Å². The zero-order chi connectivity index (χ0) is 17.9. The standard InChI is InChI=1S/C19H23NO4S/c1-14(21)13-24-19-11-17(7-8-18(19)15-9-10-20-12-15)25(22,23)16-5-3-2-4-6-16/h2-8,11,14-15,20-21H,9-10,12-13H2,1H3/t14?,15-/m1/s1. The van der Waals surface area contributed by atoms with Crippen molar-refractivity contribution in [2.24, 2.45) is 0 Å². The largest absolute Gasteiger partial charge is 0.491 e. The molecule has 1 fully saturated rings. The van der Waals surface area contributed by atoms with E-state index in [2.05, 4.69) is 5.32 Å². The van der Waals surface area contributed by atoms with Crippen LogP contribution in [0.3, 0.4) is 0 Å². The Morgan fingerprint density at radius 2 is 1.96 bits per heavy atom. The minimum atomic E-state index is -3.60. The molecule has 25 heavy (non-hydrogen) atoms. The smallest absolute Gasteiger partial charge is 0.206 e. The maximum atomic E-state index is 12.8. The van der Waals surface area contributed by atoms with Crippen LogP contribution in [0.2, 0.25) is 0 Å². The highest BCUT2D eigenvalue weighted by molar-refractivity contribution is 7.91. The van der Waals surface area contributed by atoms with Gasteiger partial charge in [-0.05, 0) is 49.7 Å². The monoisotopic (exact) mass is 361 g/mol. The topological polar surface area (TPSA) is 75.6 Å². The molecule has 0 spiro atoms. The fourth-order valence-electron chi connectivity index (χ4n) is 3.01. The highest BCUT2D eigenvalue weighted by Crippen LogP contribution is 2.34. The molecule has 0 amide bonds. The summed E-state index contributed by atoms with van der Waals surface area (Å²) in [6.45, 7) is 3.55. The number of hydrogen-bond acceptors (Lipinski definition) is 5. The fraction of sp³-hybridized carbons (Fsp3) is 0.368. The van der Waals surface area contributed by atoms with Crippen molar-refractivity contribution in [3.63, 3.8) is 0 Å². The number of rotatable bonds is 6. The molecule has 0 saturated carbocycles. The third-order valence-electron chi connectivity index (χ3n) is 4.33. The van der Waals surface area contributed by atoms with Crippen LogP contribution in [0.25, 0.3) is 0 Å². The minimum Gasteiger partial charge on any atom is -0.491 e. The zero-order valence-corrected chi connectivity index (χ0v) is 15.0. The van der Waals surface area contributed by atoms with Gasteiger partial charge in [0.25, 0.3) is 0 Å². The van der Waals surface area contributed by atoms with E-state index < -0.39 is 15.9 Å². The predicted octanol–water partition coefficient (Wildman–Crippen LogP) is 2.36. The Morgan fingerprint density at radius 1 is 1.20 bits per heavy atom. The van der Waals surface area contributed by atoms with Gasteiger partial charge in [0.15, 0.2) is 0 Å². The summed E-state index contributed by atoms with van der Waals surface area (Å²) in [6.07, 6.45) is 0.361. The molecule has 0 aromatic heterocycles. The molecule has 1 saturated heterocycles. The number of sulfone groups is 1. The second-order valence-corrected chi connectivity index (χ2v) is 8.32. The summed E-state index contributed by atoms with van der Waals surface area (Å²) in [5.41, 5.74) is 0.984. The first kappa shape index (κ1) is 17.9. The summed E-state index contributed by atoms with van der Waals surface area (Å²) in [6, 6.07) is 13.4. The average molecular weight is 361 g/mol.